The van der Waals surface area contributed by atoms with Gasteiger partial charge in [0.1, 0.15) is 0 Å². The van der Waals surface area contributed by atoms with E-state index in [0.29, 0.717) is 5.56 Å². The first-order chi connectivity index (χ1) is 10.9. The highest BCUT2D eigenvalue weighted by Crippen LogP contribution is 2.27. The molecule has 2 aromatic carbocycles. The quantitative estimate of drug-likeness (QED) is 0.424. The smallest absolute Gasteiger partial charge is 0.194 e. The van der Waals surface area contributed by atoms with Crippen LogP contribution in [0.2, 0.25) is 0 Å². The molecule has 3 nitrogen and oxygen atoms in total. The molecule has 23 heavy (non-hydrogen) atoms. The maximum Gasteiger partial charge on any atom is 0.194 e. The average Bonchev–Trinajstić information content (AvgIpc) is 2.54. The molecule has 0 aromatic heterocycles. The Hall–Kier alpha value is -1.94. The second-order valence-corrected chi connectivity index (χ2v) is 6.43. The first-order valence-electron chi connectivity index (χ1n) is 7.59. The van der Waals surface area contributed by atoms with Crippen LogP contribution in [0.4, 0.5) is 5.69 Å². The van der Waals surface area contributed by atoms with Crippen LogP contribution in [0.25, 0.3) is 0 Å². The summed E-state index contributed by atoms with van der Waals surface area (Å²) in [4.78, 5) is 19.3. The molecule has 120 valence electrons. The standard InChI is InChI=1S/C19H21BrN2O/c1-5-22(4)12-21-18-11-13(2)16(10-14(18)3)19(23)15-8-6-7-9-17(15)20/h6-12H,5H2,1-4H3. The van der Waals surface area contributed by atoms with Gasteiger partial charge in [-0.05, 0) is 56.2 Å². The van der Waals surface area contributed by atoms with Crippen LogP contribution in [-0.4, -0.2) is 30.6 Å². The number of nitrogens with zero attached hydrogens (tertiary/aromatic N) is 2. The first-order valence-corrected chi connectivity index (χ1v) is 8.38. The summed E-state index contributed by atoms with van der Waals surface area (Å²) in [6.07, 6.45) is 1.82. The third-order valence-electron chi connectivity index (χ3n) is 3.80. The van der Waals surface area contributed by atoms with Gasteiger partial charge < -0.3 is 4.90 Å². The van der Waals surface area contributed by atoms with Crippen LogP contribution in [-0.2, 0) is 0 Å². The summed E-state index contributed by atoms with van der Waals surface area (Å²) in [6.45, 7) is 6.91. The van der Waals surface area contributed by atoms with Gasteiger partial charge in [-0.25, -0.2) is 4.99 Å². The fraction of sp³-hybridized carbons (Fsp3) is 0.263. The minimum absolute atomic E-state index is 0.0271. The van der Waals surface area contributed by atoms with Crippen molar-refractivity contribution < 1.29 is 4.79 Å². The van der Waals surface area contributed by atoms with E-state index in [0.717, 1.165) is 33.4 Å². The Morgan fingerprint density at radius 2 is 1.87 bits per heavy atom. The van der Waals surface area contributed by atoms with E-state index < -0.39 is 0 Å². The Labute approximate surface area is 146 Å². The molecule has 0 aliphatic rings. The zero-order chi connectivity index (χ0) is 17.0. The summed E-state index contributed by atoms with van der Waals surface area (Å²) in [5, 5.41) is 0. The Bertz CT molecular complexity index is 753. The van der Waals surface area contributed by atoms with Gasteiger partial charge >= 0.3 is 0 Å². The monoisotopic (exact) mass is 372 g/mol. The highest BCUT2D eigenvalue weighted by atomic mass is 79.9. The van der Waals surface area contributed by atoms with Crippen molar-refractivity contribution in [1.82, 2.24) is 4.90 Å². The average molecular weight is 373 g/mol. The topological polar surface area (TPSA) is 32.7 Å². The highest BCUT2D eigenvalue weighted by molar-refractivity contribution is 9.10. The summed E-state index contributed by atoms with van der Waals surface area (Å²) in [5.41, 5.74) is 4.22. The number of aryl methyl sites for hydroxylation is 2. The van der Waals surface area contributed by atoms with E-state index in [4.69, 9.17) is 0 Å². The van der Waals surface area contributed by atoms with Crippen LogP contribution in [0.1, 0.15) is 34.0 Å². The van der Waals surface area contributed by atoms with E-state index in [1.807, 2.05) is 68.5 Å². The van der Waals surface area contributed by atoms with Gasteiger partial charge in [-0.3, -0.25) is 4.79 Å². The molecule has 4 heteroatoms. The number of carbonyl (C=O) groups excluding carboxylic acids is 1. The number of hydrogen-bond donors (Lipinski definition) is 0. The summed E-state index contributed by atoms with van der Waals surface area (Å²) >= 11 is 3.45. The zero-order valence-electron chi connectivity index (χ0n) is 13.9. The van der Waals surface area contributed by atoms with E-state index in [2.05, 4.69) is 27.8 Å². The molecule has 0 N–H and O–H groups in total. The lowest BCUT2D eigenvalue weighted by Gasteiger charge is -2.12. The molecule has 0 unspecified atom stereocenters. The van der Waals surface area contributed by atoms with Gasteiger partial charge in [0.2, 0.25) is 0 Å². The summed E-state index contributed by atoms with van der Waals surface area (Å²) in [5.74, 6) is 0.0271. The minimum Gasteiger partial charge on any atom is -0.366 e. The van der Waals surface area contributed by atoms with Gasteiger partial charge in [0.25, 0.3) is 0 Å². The number of carbonyl (C=O) groups is 1. The molecular weight excluding hydrogens is 352 g/mol. The van der Waals surface area contributed by atoms with Gasteiger partial charge in [0.15, 0.2) is 5.78 Å². The number of benzene rings is 2. The van der Waals surface area contributed by atoms with E-state index in [-0.39, 0.29) is 5.78 Å². The molecule has 0 saturated heterocycles. The van der Waals surface area contributed by atoms with Crippen molar-refractivity contribution in [3.8, 4) is 0 Å². The molecule has 0 amide bonds. The highest BCUT2D eigenvalue weighted by Gasteiger charge is 2.15. The lowest BCUT2D eigenvalue weighted by molar-refractivity contribution is 0.103. The molecule has 0 fully saturated rings. The van der Waals surface area contributed by atoms with Gasteiger partial charge in [0, 0.05) is 29.2 Å². The van der Waals surface area contributed by atoms with Crippen LogP contribution < -0.4 is 0 Å². The Kier molecular flexibility index (Phi) is 5.72. The van der Waals surface area contributed by atoms with Gasteiger partial charge in [0.05, 0.1) is 12.0 Å². The van der Waals surface area contributed by atoms with Crippen molar-refractivity contribution in [3.63, 3.8) is 0 Å². The van der Waals surface area contributed by atoms with Crippen molar-refractivity contribution in [1.29, 1.82) is 0 Å². The Morgan fingerprint density at radius 1 is 1.17 bits per heavy atom. The molecule has 0 spiro atoms. The predicted octanol–water partition coefficient (Wildman–Crippen LogP) is 4.91. The molecule has 0 saturated carbocycles. The Balaban J connectivity index is 2.39. The number of ketones is 1. The van der Waals surface area contributed by atoms with Crippen LogP contribution in [0, 0.1) is 13.8 Å². The number of rotatable bonds is 5. The predicted molar refractivity (Wildman–Crippen MR) is 99.9 cm³/mol. The van der Waals surface area contributed by atoms with Crippen molar-refractivity contribution in [2.75, 3.05) is 13.6 Å². The summed E-state index contributed by atoms with van der Waals surface area (Å²) < 4.78 is 0.814. The third kappa shape index (κ3) is 4.08. The SMILES string of the molecule is CCN(C)C=Nc1cc(C)c(C(=O)c2ccccc2Br)cc1C. The molecule has 0 aliphatic carbocycles. The molecule has 0 radical (unpaired) electrons. The van der Waals surface area contributed by atoms with E-state index in [1.54, 1.807) is 0 Å². The van der Waals surface area contributed by atoms with E-state index >= 15 is 0 Å². The van der Waals surface area contributed by atoms with Gasteiger partial charge in [-0.1, -0.05) is 28.1 Å². The zero-order valence-corrected chi connectivity index (χ0v) is 15.5. The van der Waals surface area contributed by atoms with E-state index in [9.17, 15) is 4.79 Å². The normalized spacial score (nSPS) is 11.0. The van der Waals surface area contributed by atoms with Crippen LogP contribution in [0.5, 0.6) is 0 Å². The molecule has 2 aromatic rings. The molecule has 0 aliphatic heterocycles. The van der Waals surface area contributed by atoms with Crippen molar-refractivity contribution in [2.24, 2.45) is 4.99 Å². The largest absolute Gasteiger partial charge is 0.366 e. The van der Waals surface area contributed by atoms with Gasteiger partial charge in [-0.15, -0.1) is 0 Å². The first kappa shape index (κ1) is 17.4. The maximum atomic E-state index is 12.8. The molecule has 2 rings (SSSR count). The Morgan fingerprint density at radius 3 is 2.52 bits per heavy atom. The lowest BCUT2D eigenvalue weighted by Crippen LogP contribution is -2.14. The van der Waals surface area contributed by atoms with Crippen LogP contribution in [0.3, 0.4) is 0 Å². The molecule has 0 heterocycles. The van der Waals surface area contributed by atoms with Crippen LogP contribution in [0.15, 0.2) is 45.9 Å². The third-order valence-corrected chi connectivity index (χ3v) is 4.49. The van der Waals surface area contributed by atoms with E-state index in [1.165, 1.54) is 0 Å². The fourth-order valence-corrected chi connectivity index (χ4v) is 2.68. The number of halogens is 1. The van der Waals surface area contributed by atoms with Crippen molar-refractivity contribution in [2.45, 2.75) is 20.8 Å². The molecule has 0 atom stereocenters. The second kappa shape index (κ2) is 7.55. The lowest BCUT2D eigenvalue weighted by atomic mass is 9.96. The number of aliphatic imine (C=N–C) groups is 1. The van der Waals surface area contributed by atoms with Crippen molar-refractivity contribution in [3.05, 3.63) is 63.1 Å². The molecule has 0 bridgehead atoms. The van der Waals surface area contributed by atoms with Gasteiger partial charge in [-0.2, -0.15) is 0 Å². The fourth-order valence-electron chi connectivity index (χ4n) is 2.22. The summed E-state index contributed by atoms with van der Waals surface area (Å²) in [6, 6.07) is 11.4. The summed E-state index contributed by atoms with van der Waals surface area (Å²) in [7, 11) is 1.98. The maximum absolute atomic E-state index is 12.8. The minimum atomic E-state index is 0.0271. The second-order valence-electron chi connectivity index (χ2n) is 5.58. The van der Waals surface area contributed by atoms with Crippen LogP contribution >= 0.6 is 15.9 Å². The molecular formula is C19H21BrN2O. The number of hydrogen-bond acceptors (Lipinski definition) is 2. The van der Waals surface area contributed by atoms with Crippen molar-refractivity contribution >= 4 is 33.7 Å².